The minimum atomic E-state index is 0.441. The molecule has 96 valence electrons. The Morgan fingerprint density at radius 2 is 2.12 bits per heavy atom. The van der Waals surface area contributed by atoms with Crippen molar-refractivity contribution >= 4 is 23.5 Å². The monoisotopic (exact) mass is 269 g/mol. The van der Waals surface area contributed by atoms with Crippen LogP contribution >= 0.6 is 23.5 Å². The van der Waals surface area contributed by atoms with E-state index in [-0.39, 0.29) is 0 Å². The summed E-state index contributed by atoms with van der Waals surface area (Å²) in [6.07, 6.45) is 9.40. The van der Waals surface area contributed by atoms with Crippen LogP contribution in [0.1, 0.15) is 39.0 Å². The van der Waals surface area contributed by atoms with Crippen LogP contribution in [0.4, 0.5) is 0 Å². The fraction of sp³-hybridized carbons (Fsp3) is 0.857. The molecule has 3 aliphatic rings. The van der Waals surface area contributed by atoms with Crippen LogP contribution in [-0.4, -0.2) is 22.1 Å². The Morgan fingerprint density at radius 3 is 2.82 bits per heavy atom. The van der Waals surface area contributed by atoms with Gasteiger partial charge in [-0.15, -0.1) is 23.5 Å². The highest BCUT2D eigenvalue weighted by atomic mass is 32.2. The highest BCUT2D eigenvalue weighted by Crippen LogP contribution is 2.59. The van der Waals surface area contributed by atoms with Crippen molar-refractivity contribution < 1.29 is 0 Å². The third kappa shape index (κ3) is 1.98. The maximum Gasteiger partial charge on any atom is 0.0794 e. The van der Waals surface area contributed by atoms with E-state index in [2.05, 4.69) is 36.5 Å². The largest absolute Gasteiger partial charge is 0.330 e. The first kappa shape index (κ1) is 12.4. The minimum Gasteiger partial charge on any atom is -0.330 e. The topological polar surface area (TPSA) is 26.0 Å². The first-order valence-corrected chi connectivity index (χ1v) is 8.86. The summed E-state index contributed by atoms with van der Waals surface area (Å²) < 4.78 is 0.441. The van der Waals surface area contributed by atoms with Crippen LogP contribution < -0.4 is 5.73 Å². The molecule has 0 bridgehead atoms. The molecule has 0 aromatic rings. The molecule has 17 heavy (non-hydrogen) atoms. The van der Waals surface area contributed by atoms with Crippen LogP contribution in [0.2, 0.25) is 0 Å². The molecule has 0 aromatic carbocycles. The van der Waals surface area contributed by atoms with Gasteiger partial charge in [0.25, 0.3) is 0 Å². The van der Waals surface area contributed by atoms with Crippen LogP contribution in [-0.2, 0) is 0 Å². The normalized spacial score (nSPS) is 40.1. The van der Waals surface area contributed by atoms with E-state index in [0.29, 0.717) is 9.49 Å². The Balaban J connectivity index is 1.88. The van der Waals surface area contributed by atoms with Crippen molar-refractivity contribution in [3.8, 4) is 0 Å². The lowest BCUT2D eigenvalue weighted by Gasteiger charge is -2.44. The standard InChI is InChI=1S/C14H23NS2/c1-13-5-6-14(16-7-2-8-17-14)9-11(13)3-4-12(13)10-15/h9,12H,2-8,10,15H2,1H3/t12-,13+/m1/s1. The second-order valence-corrected chi connectivity index (χ2v) is 9.03. The fourth-order valence-corrected chi connectivity index (χ4v) is 6.99. The number of thioether (sulfide) groups is 2. The van der Waals surface area contributed by atoms with E-state index < -0.39 is 0 Å². The van der Waals surface area contributed by atoms with Crippen molar-refractivity contribution in [2.45, 2.75) is 43.1 Å². The van der Waals surface area contributed by atoms with Crippen molar-refractivity contribution in [1.82, 2.24) is 0 Å². The first-order chi connectivity index (χ1) is 8.19. The number of allylic oxidation sites excluding steroid dienone is 1. The van der Waals surface area contributed by atoms with Crippen LogP contribution in [0.15, 0.2) is 11.6 Å². The highest BCUT2D eigenvalue weighted by Gasteiger charge is 2.48. The molecule has 3 rings (SSSR count). The Bertz CT molecular complexity index is 333. The molecule has 0 unspecified atom stereocenters. The lowest BCUT2D eigenvalue weighted by atomic mass is 9.70. The lowest BCUT2D eigenvalue weighted by molar-refractivity contribution is 0.245. The average Bonchev–Trinajstić information content (AvgIpc) is 2.67. The summed E-state index contributed by atoms with van der Waals surface area (Å²) in [5.41, 5.74) is 8.14. The fourth-order valence-electron chi connectivity index (χ4n) is 3.77. The number of rotatable bonds is 1. The quantitative estimate of drug-likeness (QED) is 0.736. The maximum atomic E-state index is 5.96. The molecule has 1 aliphatic heterocycles. The molecule has 2 fully saturated rings. The summed E-state index contributed by atoms with van der Waals surface area (Å²) in [7, 11) is 0. The van der Waals surface area contributed by atoms with Gasteiger partial charge in [-0.1, -0.05) is 18.6 Å². The smallest absolute Gasteiger partial charge is 0.0794 e. The summed E-state index contributed by atoms with van der Waals surface area (Å²) in [5.74, 6) is 3.45. The molecule has 2 aliphatic carbocycles. The van der Waals surface area contributed by atoms with Gasteiger partial charge in [-0.3, -0.25) is 0 Å². The van der Waals surface area contributed by atoms with E-state index in [1.54, 1.807) is 5.57 Å². The number of nitrogens with two attached hydrogens (primary N) is 1. The zero-order chi connectivity index (χ0) is 11.9. The van der Waals surface area contributed by atoms with Gasteiger partial charge in [-0.25, -0.2) is 0 Å². The minimum absolute atomic E-state index is 0.441. The molecule has 1 heterocycles. The van der Waals surface area contributed by atoms with E-state index >= 15 is 0 Å². The van der Waals surface area contributed by atoms with Gasteiger partial charge in [-0.05, 0) is 61.5 Å². The van der Waals surface area contributed by atoms with Crippen LogP contribution in [0.3, 0.4) is 0 Å². The van der Waals surface area contributed by atoms with Crippen molar-refractivity contribution in [3.63, 3.8) is 0 Å². The molecule has 1 spiro atoms. The van der Waals surface area contributed by atoms with Crippen LogP contribution in [0.5, 0.6) is 0 Å². The number of fused-ring (bicyclic) bond motifs is 1. The van der Waals surface area contributed by atoms with E-state index in [4.69, 9.17) is 5.73 Å². The molecule has 1 nitrogen and oxygen atoms in total. The third-order valence-corrected chi connectivity index (χ3v) is 8.36. The van der Waals surface area contributed by atoms with Gasteiger partial charge in [0, 0.05) is 0 Å². The third-order valence-electron chi connectivity index (χ3n) is 5.05. The summed E-state index contributed by atoms with van der Waals surface area (Å²) in [4.78, 5) is 0. The van der Waals surface area contributed by atoms with Crippen molar-refractivity contribution in [1.29, 1.82) is 0 Å². The molecule has 1 saturated heterocycles. The van der Waals surface area contributed by atoms with Gasteiger partial charge in [0.2, 0.25) is 0 Å². The van der Waals surface area contributed by atoms with Crippen molar-refractivity contribution in [2.24, 2.45) is 17.1 Å². The average molecular weight is 269 g/mol. The van der Waals surface area contributed by atoms with Gasteiger partial charge in [0.1, 0.15) is 0 Å². The van der Waals surface area contributed by atoms with E-state index in [9.17, 15) is 0 Å². The summed E-state index contributed by atoms with van der Waals surface area (Å²) in [6.45, 7) is 3.34. The van der Waals surface area contributed by atoms with Crippen LogP contribution in [0.25, 0.3) is 0 Å². The second kappa shape index (κ2) is 4.50. The first-order valence-electron chi connectivity index (χ1n) is 6.89. The molecule has 2 N–H and O–H groups in total. The Hall–Kier alpha value is 0.400. The Morgan fingerprint density at radius 1 is 1.35 bits per heavy atom. The summed E-state index contributed by atoms with van der Waals surface area (Å²) >= 11 is 4.40. The van der Waals surface area contributed by atoms with E-state index in [0.717, 1.165) is 12.5 Å². The molecule has 1 saturated carbocycles. The molecule has 3 heteroatoms. The molecule has 0 amide bonds. The van der Waals surface area contributed by atoms with Gasteiger partial charge in [-0.2, -0.15) is 0 Å². The van der Waals surface area contributed by atoms with Gasteiger partial charge in [0.05, 0.1) is 4.08 Å². The summed E-state index contributed by atoms with van der Waals surface area (Å²) in [5, 5.41) is 0. The molecule has 2 atom stereocenters. The second-order valence-electron chi connectivity index (χ2n) is 5.92. The SMILES string of the molecule is C[C@]12CCC3(C=C1CC[C@@H]2CN)SCCCS3. The zero-order valence-corrected chi connectivity index (χ0v) is 12.3. The lowest BCUT2D eigenvalue weighted by Crippen LogP contribution is -2.37. The van der Waals surface area contributed by atoms with Gasteiger partial charge < -0.3 is 5.73 Å². The van der Waals surface area contributed by atoms with E-state index in [1.807, 2.05) is 0 Å². The van der Waals surface area contributed by atoms with Gasteiger partial charge >= 0.3 is 0 Å². The van der Waals surface area contributed by atoms with Crippen LogP contribution in [0, 0.1) is 11.3 Å². The Kier molecular flexibility index (Phi) is 3.29. The Labute approximate surface area is 113 Å². The predicted molar refractivity (Wildman–Crippen MR) is 79.5 cm³/mol. The molecule has 0 aromatic heterocycles. The molecule has 0 radical (unpaired) electrons. The predicted octanol–water partition coefficient (Wildman–Crippen LogP) is 3.65. The zero-order valence-electron chi connectivity index (χ0n) is 10.7. The summed E-state index contributed by atoms with van der Waals surface area (Å²) in [6, 6.07) is 0. The van der Waals surface area contributed by atoms with E-state index in [1.165, 1.54) is 43.6 Å². The highest BCUT2D eigenvalue weighted by molar-refractivity contribution is 8.19. The molecular weight excluding hydrogens is 246 g/mol. The van der Waals surface area contributed by atoms with Crippen molar-refractivity contribution in [2.75, 3.05) is 18.1 Å². The van der Waals surface area contributed by atoms with Gasteiger partial charge in [0.15, 0.2) is 0 Å². The number of hydrogen-bond donors (Lipinski definition) is 1. The maximum absolute atomic E-state index is 5.96. The molecular formula is C14H23NS2. The van der Waals surface area contributed by atoms with Crippen molar-refractivity contribution in [3.05, 3.63) is 11.6 Å². The number of hydrogen-bond acceptors (Lipinski definition) is 3.